The third-order valence-corrected chi connectivity index (χ3v) is 3.88. The lowest BCUT2D eigenvalue weighted by atomic mass is 10.2. The number of para-hydroxylation sites is 1. The molecule has 4 nitrogen and oxygen atoms in total. The van der Waals surface area contributed by atoms with E-state index in [9.17, 15) is 9.18 Å². The molecule has 0 saturated carbocycles. The molecule has 1 aliphatic heterocycles. The number of hydrogen-bond donors (Lipinski definition) is 0. The Balaban J connectivity index is 1.98. The fourth-order valence-corrected chi connectivity index (χ4v) is 2.49. The molecule has 1 amide bonds. The monoisotopic (exact) mass is 294 g/mol. The van der Waals surface area contributed by atoms with E-state index in [2.05, 4.69) is 11.8 Å². The van der Waals surface area contributed by atoms with Crippen molar-refractivity contribution in [3.05, 3.63) is 30.1 Å². The fraction of sp³-hybridized carbons (Fsp3) is 0.562. The average molecular weight is 294 g/mol. The van der Waals surface area contributed by atoms with E-state index < -0.39 is 11.9 Å². The fourth-order valence-electron chi connectivity index (χ4n) is 2.49. The lowest BCUT2D eigenvalue weighted by Crippen LogP contribution is -2.52. The molecule has 1 aromatic rings. The largest absolute Gasteiger partial charge is 0.478 e. The highest BCUT2D eigenvalue weighted by molar-refractivity contribution is 5.81. The minimum absolute atomic E-state index is 0.0449. The highest BCUT2D eigenvalue weighted by Gasteiger charge is 2.27. The zero-order valence-corrected chi connectivity index (χ0v) is 12.7. The van der Waals surface area contributed by atoms with E-state index in [-0.39, 0.29) is 11.7 Å². The molecule has 0 aromatic heterocycles. The maximum Gasteiger partial charge on any atom is 0.263 e. The molecule has 1 fully saturated rings. The van der Waals surface area contributed by atoms with Gasteiger partial charge in [0.1, 0.15) is 0 Å². The molecule has 2 rings (SSSR count). The molecule has 0 spiro atoms. The zero-order valence-electron chi connectivity index (χ0n) is 12.7. The number of likely N-dealkylation sites (N-methyl/N-ethyl adjacent to an activating group) is 1. The lowest BCUT2D eigenvalue weighted by molar-refractivity contribution is -0.140. The summed E-state index contributed by atoms with van der Waals surface area (Å²) in [5.74, 6) is -0.332. The van der Waals surface area contributed by atoms with Gasteiger partial charge >= 0.3 is 0 Å². The molecule has 0 radical (unpaired) electrons. The van der Waals surface area contributed by atoms with Crippen LogP contribution in [0.15, 0.2) is 24.3 Å². The Morgan fingerprint density at radius 2 is 1.90 bits per heavy atom. The van der Waals surface area contributed by atoms with Crippen LogP contribution in [0.3, 0.4) is 0 Å². The smallest absolute Gasteiger partial charge is 0.263 e. The summed E-state index contributed by atoms with van der Waals surface area (Å²) in [7, 11) is 0. The van der Waals surface area contributed by atoms with Crippen LogP contribution < -0.4 is 4.74 Å². The van der Waals surface area contributed by atoms with Crippen molar-refractivity contribution in [2.75, 3.05) is 32.7 Å². The van der Waals surface area contributed by atoms with Gasteiger partial charge in [0.25, 0.3) is 5.91 Å². The van der Waals surface area contributed by atoms with Crippen LogP contribution in [0.25, 0.3) is 0 Å². The quantitative estimate of drug-likeness (QED) is 0.834. The van der Waals surface area contributed by atoms with Crippen molar-refractivity contribution in [1.29, 1.82) is 0 Å². The Morgan fingerprint density at radius 1 is 1.24 bits per heavy atom. The molecule has 1 saturated heterocycles. The van der Waals surface area contributed by atoms with Crippen LogP contribution in [-0.2, 0) is 4.79 Å². The maximum absolute atomic E-state index is 13.6. The van der Waals surface area contributed by atoms with E-state index in [0.717, 1.165) is 19.6 Å². The number of ether oxygens (including phenoxy) is 1. The molecule has 5 heteroatoms. The van der Waals surface area contributed by atoms with E-state index >= 15 is 0 Å². The predicted molar refractivity (Wildman–Crippen MR) is 79.8 cm³/mol. The first kappa shape index (κ1) is 15.8. The second kappa shape index (κ2) is 7.41. The molecular formula is C16H23FN2O2. The second-order valence-corrected chi connectivity index (χ2v) is 5.20. The van der Waals surface area contributed by atoms with Crippen molar-refractivity contribution in [2.24, 2.45) is 0 Å². The average Bonchev–Trinajstić information content (AvgIpc) is 2.53. The Bertz CT molecular complexity index is 473. The van der Waals surface area contributed by atoms with Crippen molar-refractivity contribution >= 4 is 5.91 Å². The minimum atomic E-state index is -0.616. The van der Waals surface area contributed by atoms with Gasteiger partial charge in [-0.1, -0.05) is 26.0 Å². The van der Waals surface area contributed by atoms with Crippen molar-refractivity contribution in [2.45, 2.75) is 26.4 Å². The third kappa shape index (κ3) is 3.94. The van der Waals surface area contributed by atoms with Gasteiger partial charge in [0.05, 0.1) is 0 Å². The summed E-state index contributed by atoms with van der Waals surface area (Å²) >= 11 is 0. The molecule has 1 aliphatic rings. The van der Waals surface area contributed by atoms with Crippen LogP contribution in [0.2, 0.25) is 0 Å². The Labute approximate surface area is 125 Å². The van der Waals surface area contributed by atoms with E-state index in [1.54, 1.807) is 18.2 Å². The van der Waals surface area contributed by atoms with E-state index in [0.29, 0.717) is 19.5 Å². The van der Waals surface area contributed by atoms with Gasteiger partial charge in [-0.05, 0) is 25.1 Å². The van der Waals surface area contributed by atoms with Crippen LogP contribution >= 0.6 is 0 Å². The van der Waals surface area contributed by atoms with Crippen LogP contribution in [0.1, 0.15) is 20.3 Å². The number of nitrogens with zero attached hydrogens (tertiary/aromatic N) is 2. The molecule has 1 heterocycles. The van der Waals surface area contributed by atoms with Gasteiger partial charge < -0.3 is 14.5 Å². The molecule has 21 heavy (non-hydrogen) atoms. The van der Waals surface area contributed by atoms with Gasteiger partial charge in [0.2, 0.25) is 0 Å². The Hall–Kier alpha value is -1.62. The molecule has 0 bridgehead atoms. The second-order valence-electron chi connectivity index (χ2n) is 5.20. The predicted octanol–water partition coefficient (Wildman–Crippen LogP) is 2.15. The number of carbonyl (C=O) groups excluding carboxylic acids is 1. The van der Waals surface area contributed by atoms with Crippen LogP contribution in [-0.4, -0.2) is 54.5 Å². The van der Waals surface area contributed by atoms with E-state index in [4.69, 9.17) is 4.74 Å². The molecule has 1 aromatic carbocycles. The topological polar surface area (TPSA) is 32.8 Å². The number of amides is 1. The van der Waals surface area contributed by atoms with Gasteiger partial charge in [0, 0.05) is 26.2 Å². The summed E-state index contributed by atoms with van der Waals surface area (Å²) in [5.41, 5.74) is 0. The molecule has 0 aliphatic carbocycles. The van der Waals surface area contributed by atoms with Gasteiger partial charge in [-0.25, -0.2) is 4.39 Å². The van der Waals surface area contributed by atoms with Crippen molar-refractivity contribution in [3.63, 3.8) is 0 Å². The maximum atomic E-state index is 13.6. The lowest BCUT2D eigenvalue weighted by Gasteiger charge is -2.35. The summed E-state index contributed by atoms with van der Waals surface area (Å²) in [6.07, 6.45) is -0.0867. The first-order chi connectivity index (χ1) is 10.2. The summed E-state index contributed by atoms with van der Waals surface area (Å²) in [4.78, 5) is 16.6. The van der Waals surface area contributed by atoms with Crippen LogP contribution in [0.5, 0.6) is 5.75 Å². The first-order valence-corrected chi connectivity index (χ1v) is 7.58. The van der Waals surface area contributed by atoms with Gasteiger partial charge in [0.15, 0.2) is 17.7 Å². The minimum Gasteiger partial charge on any atom is -0.478 e. The van der Waals surface area contributed by atoms with Gasteiger partial charge in [-0.15, -0.1) is 0 Å². The molecule has 1 atom stereocenters. The number of benzene rings is 1. The third-order valence-electron chi connectivity index (χ3n) is 3.88. The number of piperazine rings is 1. The highest BCUT2D eigenvalue weighted by atomic mass is 19.1. The molecule has 1 unspecified atom stereocenters. The summed E-state index contributed by atoms with van der Waals surface area (Å²) in [6.45, 7) is 8.20. The van der Waals surface area contributed by atoms with Crippen molar-refractivity contribution in [3.8, 4) is 5.75 Å². The number of rotatable bonds is 5. The Morgan fingerprint density at radius 3 is 2.48 bits per heavy atom. The Kier molecular flexibility index (Phi) is 5.56. The van der Waals surface area contributed by atoms with Crippen LogP contribution in [0.4, 0.5) is 4.39 Å². The molecule has 0 N–H and O–H groups in total. The first-order valence-electron chi connectivity index (χ1n) is 7.58. The zero-order chi connectivity index (χ0) is 15.2. The summed E-state index contributed by atoms with van der Waals surface area (Å²) < 4.78 is 19.2. The molecular weight excluding hydrogens is 271 g/mol. The standard InChI is InChI=1S/C16H23FN2O2/c1-3-14(21-15-8-6-5-7-13(15)17)16(20)19-11-9-18(4-2)10-12-19/h5-8,14H,3-4,9-12H2,1-2H3. The highest BCUT2D eigenvalue weighted by Crippen LogP contribution is 2.19. The molecule has 116 valence electrons. The number of halogens is 1. The SMILES string of the molecule is CCC(Oc1ccccc1F)C(=O)N1CCN(CC)CC1. The van der Waals surface area contributed by atoms with Gasteiger partial charge in [-0.2, -0.15) is 0 Å². The number of hydrogen-bond acceptors (Lipinski definition) is 3. The number of carbonyl (C=O) groups is 1. The van der Waals surface area contributed by atoms with Crippen LogP contribution in [0, 0.1) is 5.82 Å². The van der Waals surface area contributed by atoms with E-state index in [1.807, 2.05) is 11.8 Å². The van der Waals surface area contributed by atoms with Gasteiger partial charge in [-0.3, -0.25) is 4.79 Å². The summed E-state index contributed by atoms with van der Waals surface area (Å²) in [6, 6.07) is 6.21. The van der Waals surface area contributed by atoms with Crippen molar-refractivity contribution < 1.29 is 13.9 Å². The van der Waals surface area contributed by atoms with E-state index in [1.165, 1.54) is 6.07 Å². The normalized spacial score (nSPS) is 17.6. The van der Waals surface area contributed by atoms with Crippen molar-refractivity contribution in [1.82, 2.24) is 9.80 Å². The summed E-state index contributed by atoms with van der Waals surface area (Å²) in [5, 5.41) is 0.